The van der Waals surface area contributed by atoms with E-state index in [-0.39, 0.29) is 5.54 Å². The Hall–Kier alpha value is -1.61. The third kappa shape index (κ3) is 2.56. The maximum absolute atomic E-state index is 6.43. The molecule has 1 atom stereocenters. The van der Waals surface area contributed by atoms with Crippen molar-refractivity contribution in [2.75, 3.05) is 0 Å². The van der Waals surface area contributed by atoms with Crippen LogP contribution >= 0.6 is 0 Å². The van der Waals surface area contributed by atoms with Crippen LogP contribution < -0.4 is 5.73 Å². The predicted octanol–water partition coefficient (Wildman–Crippen LogP) is 2.15. The number of nitrogens with two attached hydrogens (primary N) is 1. The van der Waals surface area contributed by atoms with Gasteiger partial charge in [-0.2, -0.15) is 5.10 Å². The third-order valence-corrected chi connectivity index (χ3v) is 3.08. The zero-order chi connectivity index (χ0) is 12.5. The first kappa shape index (κ1) is 11.9. The van der Waals surface area contributed by atoms with Crippen molar-refractivity contribution in [2.45, 2.75) is 25.8 Å². The first-order chi connectivity index (χ1) is 7.99. The van der Waals surface area contributed by atoms with Crippen LogP contribution in [0.25, 0.3) is 0 Å². The van der Waals surface area contributed by atoms with Crippen LogP contribution in [0.4, 0.5) is 0 Å². The molecule has 17 heavy (non-hydrogen) atoms. The summed E-state index contributed by atoms with van der Waals surface area (Å²) >= 11 is 0. The Balaban J connectivity index is 2.27. The fourth-order valence-electron chi connectivity index (χ4n) is 2.24. The van der Waals surface area contributed by atoms with E-state index in [1.54, 1.807) is 0 Å². The van der Waals surface area contributed by atoms with E-state index < -0.39 is 0 Å². The van der Waals surface area contributed by atoms with Gasteiger partial charge < -0.3 is 5.73 Å². The number of hydrogen-bond donors (Lipinski definition) is 1. The summed E-state index contributed by atoms with van der Waals surface area (Å²) < 4.78 is 1.81. The van der Waals surface area contributed by atoms with Gasteiger partial charge in [0.25, 0.3) is 0 Å². The van der Waals surface area contributed by atoms with Gasteiger partial charge in [-0.15, -0.1) is 0 Å². The lowest BCUT2D eigenvalue weighted by molar-refractivity contribution is 0.479. The highest BCUT2D eigenvalue weighted by Gasteiger charge is 2.24. The minimum atomic E-state index is -0.375. The molecule has 0 saturated carbocycles. The van der Waals surface area contributed by atoms with Crippen molar-refractivity contribution in [3.05, 3.63) is 53.3 Å². The minimum Gasteiger partial charge on any atom is -0.321 e. The second kappa shape index (κ2) is 4.34. The summed E-state index contributed by atoms with van der Waals surface area (Å²) in [6.07, 6.45) is 2.70. The number of nitrogens with zero attached hydrogens (tertiary/aromatic N) is 2. The fourth-order valence-corrected chi connectivity index (χ4v) is 2.24. The molecule has 0 saturated heterocycles. The third-order valence-electron chi connectivity index (χ3n) is 3.08. The van der Waals surface area contributed by atoms with E-state index in [2.05, 4.69) is 31.1 Å². The van der Waals surface area contributed by atoms with Crippen molar-refractivity contribution in [2.24, 2.45) is 12.8 Å². The van der Waals surface area contributed by atoms with Gasteiger partial charge in [0.05, 0.1) is 5.69 Å². The molecule has 2 rings (SSSR count). The van der Waals surface area contributed by atoms with Crippen molar-refractivity contribution in [3.63, 3.8) is 0 Å². The second-order valence-electron chi connectivity index (χ2n) is 4.89. The smallest absolute Gasteiger partial charge is 0.0646 e. The largest absolute Gasteiger partial charge is 0.321 e. The predicted molar refractivity (Wildman–Crippen MR) is 69.6 cm³/mol. The zero-order valence-corrected chi connectivity index (χ0v) is 10.6. The molecule has 90 valence electrons. The van der Waals surface area contributed by atoms with Crippen molar-refractivity contribution < 1.29 is 0 Å². The van der Waals surface area contributed by atoms with Crippen LogP contribution in [0.3, 0.4) is 0 Å². The molecule has 3 nitrogen and oxygen atoms in total. The first-order valence-corrected chi connectivity index (χ1v) is 5.82. The standard InChI is InChI=1S/C14H19N3/c1-11-6-4-5-7-13(11)14(2,15)10-12-8-9-17(3)16-12/h4-9H,10,15H2,1-3H3. The molecule has 2 aromatic rings. The molecule has 0 fully saturated rings. The molecule has 1 heterocycles. The molecule has 3 heteroatoms. The summed E-state index contributed by atoms with van der Waals surface area (Å²) in [6.45, 7) is 4.16. The molecule has 0 aliphatic heterocycles. The van der Waals surface area contributed by atoms with Crippen LogP contribution in [0.2, 0.25) is 0 Å². The van der Waals surface area contributed by atoms with Gasteiger partial charge in [0.2, 0.25) is 0 Å². The number of aryl methyl sites for hydroxylation is 2. The Bertz CT molecular complexity index is 512. The van der Waals surface area contributed by atoms with E-state index in [4.69, 9.17) is 5.73 Å². The average Bonchev–Trinajstić information content (AvgIpc) is 2.63. The number of rotatable bonds is 3. The summed E-state index contributed by atoms with van der Waals surface area (Å²) in [6, 6.07) is 10.3. The van der Waals surface area contributed by atoms with Crippen LogP contribution in [-0.2, 0) is 19.0 Å². The molecule has 0 bridgehead atoms. The molecular weight excluding hydrogens is 210 g/mol. The topological polar surface area (TPSA) is 43.8 Å². The van der Waals surface area contributed by atoms with Gasteiger partial charge in [-0.3, -0.25) is 4.68 Å². The van der Waals surface area contributed by atoms with Crippen molar-refractivity contribution in [1.82, 2.24) is 9.78 Å². The molecular formula is C14H19N3. The highest BCUT2D eigenvalue weighted by Crippen LogP contribution is 2.24. The lowest BCUT2D eigenvalue weighted by atomic mass is 9.86. The Kier molecular flexibility index (Phi) is 3.03. The van der Waals surface area contributed by atoms with Crippen LogP contribution in [0, 0.1) is 6.92 Å². The van der Waals surface area contributed by atoms with E-state index in [1.807, 2.05) is 36.1 Å². The van der Waals surface area contributed by atoms with Crippen LogP contribution in [0.15, 0.2) is 36.5 Å². The molecule has 1 aromatic carbocycles. The summed E-state index contributed by atoms with van der Waals surface area (Å²) in [5.41, 5.74) is 9.50. The lowest BCUT2D eigenvalue weighted by Gasteiger charge is -2.26. The Morgan fingerprint density at radius 2 is 2.00 bits per heavy atom. The SMILES string of the molecule is Cc1ccccc1C(C)(N)Cc1ccn(C)n1. The molecule has 1 aromatic heterocycles. The van der Waals surface area contributed by atoms with E-state index >= 15 is 0 Å². The maximum atomic E-state index is 6.43. The molecule has 2 N–H and O–H groups in total. The van der Waals surface area contributed by atoms with Crippen molar-refractivity contribution >= 4 is 0 Å². The molecule has 0 spiro atoms. The minimum absolute atomic E-state index is 0.375. The lowest BCUT2D eigenvalue weighted by Crippen LogP contribution is -2.36. The van der Waals surface area contributed by atoms with Gasteiger partial charge >= 0.3 is 0 Å². The molecule has 0 aliphatic rings. The van der Waals surface area contributed by atoms with E-state index in [0.717, 1.165) is 12.1 Å². The quantitative estimate of drug-likeness (QED) is 0.876. The van der Waals surface area contributed by atoms with Gasteiger partial charge in [0.15, 0.2) is 0 Å². The maximum Gasteiger partial charge on any atom is 0.0646 e. The second-order valence-corrected chi connectivity index (χ2v) is 4.89. The number of hydrogen-bond acceptors (Lipinski definition) is 2. The van der Waals surface area contributed by atoms with Crippen molar-refractivity contribution in [1.29, 1.82) is 0 Å². The number of benzene rings is 1. The van der Waals surface area contributed by atoms with Gasteiger partial charge in [0.1, 0.15) is 0 Å². The van der Waals surface area contributed by atoms with Crippen LogP contribution in [0.5, 0.6) is 0 Å². The molecule has 0 radical (unpaired) electrons. The van der Waals surface area contributed by atoms with Gasteiger partial charge in [0, 0.05) is 25.2 Å². The molecule has 0 amide bonds. The molecule has 0 aliphatic carbocycles. The van der Waals surface area contributed by atoms with Gasteiger partial charge in [-0.1, -0.05) is 24.3 Å². The first-order valence-electron chi connectivity index (χ1n) is 5.82. The monoisotopic (exact) mass is 229 g/mol. The van der Waals surface area contributed by atoms with Crippen LogP contribution in [-0.4, -0.2) is 9.78 Å². The van der Waals surface area contributed by atoms with Gasteiger partial charge in [-0.05, 0) is 31.0 Å². The Morgan fingerprint density at radius 1 is 1.29 bits per heavy atom. The van der Waals surface area contributed by atoms with Gasteiger partial charge in [-0.25, -0.2) is 0 Å². The Labute approximate surface area is 102 Å². The zero-order valence-electron chi connectivity index (χ0n) is 10.6. The highest BCUT2D eigenvalue weighted by molar-refractivity contribution is 5.33. The number of aromatic nitrogens is 2. The van der Waals surface area contributed by atoms with E-state index in [9.17, 15) is 0 Å². The normalized spacial score (nSPS) is 14.6. The van der Waals surface area contributed by atoms with Crippen LogP contribution in [0.1, 0.15) is 23.7 Å². The highest BCUT2D eigenvalue weighted by atomic mass is 15.2. The average molecular weight is 229 g/mol. The molecule has 1 unspecified atom stereocenters. The summed E-state index contributed by atoms with van der Waals surface area (Å²) in [5.74, 6) is 0. The summed E-state index contributed by atoms with van der Waals surface area (Å²) in [5, 5.41) is 4.39. The van der Waals surface area contributed by atoms with E-state index in [1.165, 1.54) is 11.1 Å². The summed E-state index contributed by atoms with van der Waals surface area (Å²) in [7, 11) is 1.92. The summed E-state index contributed by atoms with van der Waals surface area (Å²) in [4.78, 5) is 0. The van der Waals surface area contributed by atoms with E-state index in [0.29, 0.717) is 0 Å². The van der Waals surface area contributed by atoms with Crippen molar-refractivity contribution in [3.8, 4) is 0 Å². The Morgan fingerprint density at radius 3 is 2.59 bits per heavy atom. The fraction of sp³-hybridized carbons (Fsp3) is 0.357.